The predicted molar refractivity (Wildman–Crippen MR) is 150 cm³/mol. The summed E-state index contributed by atoms with van der Waals surface area (Å²) in [5.41, 5.74) is 3.10. The SMILES string of the molecule is CC(=O)OC[C@H](C[C@H](O)CCN(C)C(=O)c1ccc(CN(Cc2ccccn2)Cc2ccccn2)nc1)OC(C)=O. The largest absolute Gasteiger partial charge is 0.462 e. The van der Waals surface area contributed by atoms with Gasteiger partial charge in [-0.15, -0.1) is 0 Å². The highest BCUT2D eigenvalue weighted by Crippen LogP contribution is 2.13. The summed E-state index contributed by atoms with van der Waals surface area (Å²) in [4.78, 5) is 52.5. The number of amides is 1. The van der Waals surface area contributed by atoms with Crippen molar-refractivity contribution in [3.63, 3.8) is 0 Å². The summed E-state index contributed by atoms with van der Waals surface area (Å²) in [6, 6.07) is 15.2. The molecule has 0 spiro atoms. The number of nitrogens with zero attached hydrogens (tertiary/aromatic N) is 5. The number of carbonyl (C=O) groups is 3. The molecule has 1 amide bonds. The predicted octanol–water partition coefficient (Wildman–Crippen LogP) is 2.78. The Labute approximate surface area is 240 Å². The van der Waals surface area contributed by atoms with E-state index in [1.54, 1.807) is 31.7 Å². The summed E-state index contributed by atoms with van der Waals surface area (Å²) in [5.74, 6) is -1.27. The summed E-state index contributed by atoms with van der Waals surface area (Å²) >= 11 is 0. The second-order valence-corrected chi connectivity index (χ2v) is 9.76. The number of aromatic nitrogens is 3. The smallest absolute Gasteiger partial charge is 0.303 e. The minimum atomic E-state index is -0.866. The molecule has 3 aromatic heterocycles. The van der Waals surface area contributed by atoms with Gasteiger partial charge in [-0.25, -0.2) is 0 Å². The Kier molecular flexibility index (Phi) is 12.3. The van der Waals surface area contributed by atoms with Crippen molar-refractivity contribution in [1.29, 1.82) is 0 Å². The average Bonchev–Trinajstić information content (AvgIpc) is 2.95. The molecular formula is C30H37N5O6. The van der Waals surface area contributed by atoms with Gasteiger partial charge in [-0.1, -0.05) is 12.1 Å². The fourth-order valence-electron chi connectivity index (χ4n) is 4.16. The van der Waals surface area contributed by atoms with Crippen molar-refractivity contribution < 1.29 is 29.0 Å². The van der Waals surface area contributed by atoms with Crippen LogP contribution in [0.2, 0.25) is 0 Å². The summed E-state index contributed by atoms with van der Waals surface area (Å²) in [5, 5.41) is 10.4. The third kappa shape index (κ3) is 11.4. The first-order valence-corrected chi connectivity index (χ1v) is 13.4. The van der Waals surface area contributed by atoms with Crippen molar-refractivity contribution in [1.82, 2.24) is 24.8 Å². The lowest BCUT2D eigenvalue weighted by molar-refractivity contribution is -0.158. The second-order valence-electron chi connectivity index (χ2n) is 9.76. The Hall–Kier alpha value is -4.22. The van der Waals surface area contributed by atoms with Crippen molar-refractivity contribution in [2.45, 2.75) is 58.5 Å². The Morgan fingerprint density at radius 2 is 1.46 bits per heavy atom. The monoisotopic (exact) mass is 563 g/mol. The van der Waals surface area contributed by atoms with E-state index in [0.29, 0.717) is 25.2 Å². The van der Waals surface area contributed by atoms with E-state index < -0.39 is 24.1 Å². The molecule has 3 aromatic rings. The number of esters is 2. The molecule has 2 atom stereocenters. The van der Waals surface area contributed by atoms with Crippen LogP contribution in [0.25, 0.3) is 0 Å². The van der Waals surface area contributed by atoms with Crippen LogP contribution < -0.4 is 0 Å². The van der Waals surface area contributed by atoms with E-state index in [1.807, 2.05) is 42.5 Å². The number of hydrogen-bond acceptors (Lipinski definition) is 10. The van der Waals surface area contributed by atoms with Gasteiger partial charge in [-0.2, -0.15) is 0 Å². The van der Waals surface area contributed by atoms with Gasteiger partial charge in [0, 0.05) is 72.1 Å². The van der Waals surface area contributed by atoms with Crippen LogP contribution >= 0.6 is 0 Å². The minimum absolute atomic E-state index is 0.0820. The first-order valence-electron chi connectivity index (χ1n) is 13.4. The summed E-state index contributed by atoms with van der Waals surface area (Å²) in [6.45, 7) is 4.40. The molecule has 0 saturated heterocycles. The van der Waals surface area contributed by atoms with Gasteiger partial charge >= 0.3 is 11.9 Å². The standard InChI is InChI=1S/C30H37N5O6/c1-22(36)40-21-29(41-23(2)37)16-28(38)12-15-34(3)30(39)24-10-11-27(33-17-24)20-35(18-25-8-4-6-13-31-25)19-26-9-5-7-14-32-26/h4-11,13-14,17,28-29,38H,12,15-16,18-21H2,1-3H3/t28-,29+/m1/s1. The van der Waals surface area contributed by atoms with Crippen LogP contribution in [0, 0.1) is 0 Å². The number of hydrogen-bond donors (Lipinski definition) is 1. The molecule has 41 heavy (non-hydrogen) atoms. The highest BCUT2D eigenvalue weighted by atomic mass is 16.6. The van der Waals surface area contributed by atoms with Gasteiger partial charge in [-0.3, -0.25) is 34.2 Å². The van der Waals surface area contributed by atoms with Crippen LogP contribution in [0.15, 0.2) is 67.1 Å². The van der Waals surface area contributed by atoms with E-state index in [9.17, 15) is 19.5 Å². The molecule has 11 heteroatoms. The number of aliphatic hydroxyl groups is 1. The first kappa shape index (κ1) is 31.3. The van der Waals surface area contributed by atoms with E-state index in [1.165, 1.54) is 18.7 Å². The van der Waals surface area contributed by atoms with Crippen LogP contribution in [0.4, 0.5) is 0 Å². The van der Waals surface area contributed by atoms with Gasteiger partial charge in [0.25, 0.3) is 5.91 Å². The lowest BCUT2D eigenvalue weighted by Crippen LogP contribution is -2.33. The van der Waals surface area contributed by atoms with Gasteiger partial charge in [0.05, 0.1) is 28.7 Å². The Bertz CT molecular complexity index is 1200. The van der Waals surface area contributed by atoms with Crippen LogP contribution in [0.3, 0.4) is 0 Å². The molecule has 218 valence electrons. The van der Waals surface area contributed by atoms with E-state index in [-0.39, 0.29) is 31.9 Å². The maximum absolute atomic E-state index is 13.0. The molecule has 1 N–H and O–H groups in total. The van der Waals surface area contributed by atoms with E-state index in [0.717, 1.165) is 17.1 Å². The zero-order valence-corrected chi connectivity index (χ0v) is 23.7. The summed E-state index contributed by atoms with van der Waals surface area (Å²) < 4.78 is 10.0. The van der Waals surface area contributed by atoms with E-state index in [4.69, 9.17) is 9.47 Å². The summed E-state index contributed by atoms with van der Waals surface area (Å²) in [7, 11) is 1.65. The van der Waals surface area contributed by atoms with Crippen LogP contribution in [0.1, 0.15) is 54.1 Å². The molecule has 0 bridgehead atoms. The third-order valence-corrected chi connectivity index (χ3v) is 6.17. The fourth-order valence-corrected chi connectivity index (χ4v) is 4.16. The highest BCUT2D eigenvalue weighted by molar-refractivity contribution is 5.93. The van der Waals surface area contributed by atoms with E-state index in [2.05, 4.69) is 19.9 Å². The van der Waals surface area contributed by atoms with Crippen molar-refractivity contribution in [3.05, 3.63) is 89.8 Å². The Morgan fingerprint density at radius 1 is 0.854 bits per heavy atom. The van der Waals surface area contributed by atoms with Gasteiger partial charge < -0.3 is 19.5 Å². The van der Waals surface area contributed by atoms with E-state index >= 15 is 0 Å². The topological polar surface area (TPSA) is 135 Å². The maximum atomic E-state index is 13.0. The lowest BCUT2D eigenvalue weighted by atomic mass is 10.1. The molecule has 3 heterocycles. The molecule has 0 aliphatic heterocycles. The van der Waals surface area contributed by atoms with Crippen molar-refractivity contribution in [2.24, 2.45) is 0 Å². The number of rotatable bonds is 15. The number of ether oxygens (including phenoxy) is 2. The Morgan fingerprint density at radius 3 is 1.95 bits per heavy atom. The Balaban J connectivity index is 1.55. The van der Waals surface area contributed by atoms with Gasteiger partial charge in [-0.05, 0) is 42.8 Å². The molecular weight excluding hydrogens is 526 g/mol. The highest BCUT2D eigenvalue weighted by Gasteiger charge is 2.21. The molecule has 11 nitrogen and oxygen atoms in total. The molecule has 3 rings (SSSR count). The van der Waals surface area contributed by atoms with Gasteiger partial charge in [0.2, 0.25) is 0 Å². The van der Waals surface area contributed by atoms with Gasteiger partial charge in [0.15, 0.2) is 0 Å². The number of carbonyl (C=O) groups excluding carboxylic acids is 3. The summed E-state index contributed by atoms with van der Waals surface area (Å²) in [6.07, 6.45) is 3.79. The first-order chi connectivity index (χ1) is 19.7. The molecule has 0 unspecified atom stereocenters. The zero-order chi connectivity index (χ0) is 29.6. The molecule has 0 aliphatic carbocycles. The molecule has 0 aliphatic rings. The zero-order valence-electron chi connectivity index (χ0n) is 23.7. The van der Waals surface area contributed by atoms with Crippen LogP contribution in [-0.4, -0.2) is 80.1 Å². The molecule has 0 aromatic carbocycles. The molecule has 0 radical (unpaired) electrons. The van der Waals surface area contributed by atoms with Gasteiger partial charge in [0.1, 0.15) is 12.7 Å². The average molecular weight is 564 g/mol. The normalized spacial score (nSPS) is 12.4. The fraction of sp³-hybridized carbons (Fsp3) is 0.400. The van der Waals surface area contributed by atoms with Crippen molar-refractivity contribution >= 4 is 17.8 Å². The number of pyridine rings is 3. The molecule has 0 fully saturated rings. The van der Waals surface area contributed by atoms with Crippen LogP contribution in [0.5, 0.6) is 0 Å². The second kappa shape index (κ2) is 16.1. The lowest BCUT2D eigenvalue weighted by Gasteiger charge is -2.23. The maximum Gasteiger partial charge on any atom is 0.303 e. The van der Waals surface area contributed by atoms with Crippen LogP contribution in [-0.2, 0) is 38.7 Å². The minimum Gasteiger partial charge on any atom is -0.462 e. The van der Waals surface area contributed by atoms with Crippen molar-refractivity contribution in [3.8, 4) is 0 Å². The quantitative estimate of drug-likeness (QED) is 0.275. The van der Waals surface area contributed by atoms with Crippen molar-refractivity contribution in [2.75, 3.05) is 20.2 Å². The number of aliphatic hydroxyl groups excluding tert-OH is 1. The molecule has 0 saturated carbocycles. The third-order valence-electron chi connectivity index (χ3n) is 6.17.